The maximum atomic E-state index is 14.6. The minimum absolute atomic E-state index is 0.114. The number of rotatable bonds is 11. The number of aryl methyl sites for hydroxylation is 1. The molecule has 1 amide bonds. The molecule has 42 heavy (non-hydrogen) atoms. The maximum absolute atomic E-state index is 14.6. The van der Waals surface area contributed by atoms with Gasteiger partial charge in [-0.15, -0.1) is 22.8 Å². The number of hydrogen-bond acceptors (Lipinski definition) is 8. The van der Waals surface area contributed by atoms with Crippen molar-refractivity contribution in [3.05, 3.63) is 40.2 Å². The van der Waals surface area contributed by atoms with Crippen LogP contribution >= 0.6 is 11.3 Å². The first kappa shape index (κ1) is 34.7. The van der Waals surface area contributed by atoms with E-state index in [1.54, 1.807) is 33.9 Å². The second kappa shape index (κ2) is 16.2. The summed E-state index contributed by atoms with van der Waals surface area (Å²) >= 11 is 1.41. The Morgan fingerprint density at radius 3 is 2.55 bits per heavy atom. The van der Waals surface area contributed by atoms with Crippen LogP contribution < -0.4 is 10.1 Å². The van der Waals surface area contributed by atoms with Crippen molar-refractivity contribution in [3.63, 3.8) is 0 Å². The number of halogens is 1. The Morgan fingerprint density at radius 1 is 1.17 bits per heavy atom. The third-order valence-electron chi connectivity index (χ3n) is 5.29. The molecule has 2 rings (SSSR count). The number of nitrogens with zero attached hydrogens (tertiary/aromatic N) is 2. The second-order valence-electron chi connectivity index (χ2n) is 11.6. The molecule has 0 unspecified atom stereocenters. The molecule has 0 atom stereocenters. The van der Waals surface area contributed by atoms with Crippen LogP contribution in [0.25, 0.3) is 0 Å². The summed E-state index contributed by atoms with van der Waals surface area (Å²) in [4.78, 5) is 30.8. The molecular formula is C31H42FN3O5SSi. The highest BCUT2D eigenvalue weighted by Crippen LogP contribution is 2.26. The molecule has 2 aromatic rings. The number of carbonyl (C=O) groups is 2. The predicted molar refractivity (Wildman–Crippen MR) is 168 cm³/mol. The molecule has 228 valence electrons. The van der Waals surface area contributed by atoms with Crippen LogP contribution in [0.4, 0.5) is 14.3 Å². The number of unbranched alkanes of at least 4 members (excludes halogenated alkanes) is 1. The summed E-state index contributed by atoms with van der Waals surface area (Å²) in [5, 5.41) is 3.93. The summed E-state index contributed by atoms with van der Waals surface area (Å²) in [7, 11) is 1.56. The Morgan fingerprint density at radius 2 is 1.90 bits per heavy atom. The average molecular weight is 616 g/mol. The van der Waals surface area contributed by atoms with Crippen LogP contribution in [-0.2, 0) is 15.9 Å². The molecule has 0 fully saturated rings. The molecule has 8 nitrogen and oxygen atoms in total. The normalized spacial score (nSPS) is 11.0. The van der Waals surface area contributed by atoms with E-state index in [0.717, 1.165) is 17.7 Å². The number of esters is 1. The molecule has 11 heteroatoms. The molecule has 0 saturated carbocycles. The molecule has 1 aromatic heterocycles. The van der Waals surface area contributed by atoms with E-state index < -0.39 is 31.6 Å². The topological polar surface area (TPSA) is 90.0 Å². The molecule has 0 aliphatic carbocycles. The van der Waals surface area contributed by atoms with Crippen molar-refractivity contribution in [1.82, 2.24) is 9.88 Å². The highest BCUT2D eigenvalue weighted by molar-refractivity contribution is 7.15. The fourth-order valence-electron chi connectivity index (χ4n) is 3.33. The SMILES string of the molecule is COC(=O)c1nc(NCCCC#C[Si](C)(C)C)sc1CCCOc1ccc(C#CCN(C)C(=O)OC(C)(C)C)cc1F. The Hall–Kier alpha value is -3.54. The Kier molecular flexibility index (Phi) is 13.4. The number of anilines is 1. The Bertz CT molecular complexity index is 1340. The number of carbonyl (C=O) groups excluding carboxylic acids is 2. The highest BCUT2D eigenvalue weighted by Gasteiger charge is 2.20. The van der Waals surface area contributed by atoms with Gasteiger partial charge < -0.3 is 24.4 Å². The molecule has 0 spiro atoms. The number of hydrogen-bond donors (Lipinski definition) is 1. The Labute approximate surface area is 254 Å². The van der Waals surface area contributed by atoms with Gasteiger partial charge >= 0.3 is 12.1 Å². The quantitative estimate of drug-likeness (QED) is 0.136. The number of thiazole rings is 1. The van der Waals surface area contributed by atoms with E-state index in [1.807, 2.05) is 0 Å². The van der Waals surface area contributed by atoms with Crippen molar-refractivity contribution in [1.29, 1.82) is 0 Å². The van der Waals surface area contributed by atoms with Crippen molar-refractivity contribution < 1.29 is 28.2 Å². The number of aromatic nitrogens is 1. The van der Waals surface area contributed by atoms with Crippen molar-refractivity contribution >= 4 is 36.6 Å². The molecular weight excluding hydrogens is 574 g/mol. The average Bonchev–Trinajstić information content (AvgIpc) is 3.30. The van der Waals surface area contributed by atoms with Gasteiger partial charge in [0.25, 0.3) is 0 Å². The number of nitrogens with one attached hydrogen (secondary N) is 1. The first-order valence-electron chi connectivity index (χ1n) is 13.9. The minimum Gasteiger partial charge on any atom is -0.491 e. The van der Waals surface area contributed by atoms with Gasteiger partial charge in [0, 0.05) is 30.5 Å². The molecule has 0 aliphatic heterocycles. The lowest BCUT2D eigenvalue weighted by molar-refractivity contribution is 0.0320. The van der Waals surface area contributed by atoms with Crippen molar-refractivity contribution in [2.24, 2.45) is 0 Å². The van der Waals surface area contributed by atoms with Gasteiger partial charge in [0.1, 0.15) is 13.7 Å². The van der Waals surface area contributed by atoms with Crippen LogP contribution in [0.15, 0.2) is 18.2 Å². The van der Waals surface area contributed by atoms with Gasteiger partial charge in [-0.1, -0.05) is 31.5 Å². The zero-order valence-electron chi connectivity index (χ0n) is 25.9. The van der Waals surface area contributed by atoms with Crippen LogP contribution in [0.3, 0.4) is 0 Å². The van der Waals surface area contributed by atoms with E-state index in [9.17, 15) is 14.0 Å². The van der Waals surface area contributed by atoms with Crippen LogP contribution in [0, 0.1) is 29.1 Å². The van der Waals surface area contributed by atoms with E-state index in [2.05, 4.69) is 53.2 Å². The van der Waals surface area contributed by atoms with E-state index in [0.29, 0.717) is 30.1 Å². The fourth-order valence-corrected chi connectivity index (χ4v) is 5.00. The van der Waals surface area contributed by atoms with Crippen molar-refractivity contribution in [2.45, 2.75) is 71.7 Å². The molecule has 0 saturated heterocycles. The first-order valence-corrected chi connectivity index (χ1v) is 18.2. The van der Waals surface area contributed by atoms with Gasteiger partial charge in [0.15, 0.2) is 22.4 Å². The molecule has 1 heterocycles. The lowest BCUT2D eigenvalue weighted by atomic mass is 10.2. The predicted octanol–water partition coefficient (Wildman–Crippen LogP) is 6.37. The smallest absolute Gasteiger partial charge is 0.410 e. The van der Waals surface area contributed by atoms with Crippen LogP contribution in [0.5, 0.6) is 5.75 Å². The summed E-state index contributed by atoms with van der Waals surface area (Å²) < 4.78 is 30.4. The summed E-state index contributed by atoms with van der Waals surface area (Å²) in [6.45, 7) is 13.1. The molecule has 0 radical (unpaired) electrons. The maximum Gasteiger partial charge on any atom is 0.410 e. The second-order valence-corrected chi connectivity index (χ2v) is 17.4. The van der Waals surface area contributed by atoms with Crippen LogP contribution in [-0.4, -0.2) is 69.5 Å². The third kappa shape index (κ3) is 13.0. The summed E-state index contributed by atoms with van der Waals surface area (Å²) in [5.74, 6) is 8.04. The van der Waals surface area contributed by atoms with E-state index in [1.165, 1.54) is 35.5 Å². The highest BCUT2D eigenvalue weighted by atomic mass is 32.1. The van der Waals surface area contributed by atoms with E-state index in [4.69, 9.17) is 14.2 Å². The monoisotopic (exact) mass is 615 g/mol. The molecule has 0 bridgehead atoms. The zero-order valence-corrected chi connectivity index (χ0v) is 27.7. The first-order chi connectivity index (χ1) is 19.7. The van der Waals surface area contributed by atoms with Gasteiger partial charge in [-0.2, -0.15) is 0 Å². The standard InChI is InChI=1S/C31H42FN3O5SSi/c1-31(2,3)40-30(37)35(4)19-12-14-23-16-17-25(24(32)22-23)39-20-13-15-26-27(28(36)38-5)34-29(41-26)33-18-10-9-11-21-42(6,7)8/h16-17,22H,9-10,13,15,18-20H2,1-8H3,(H,33,34). The minimum atomic E-state index is -1.36. The summed E-state index contributed by atoms with van der Waals surface area (Å²) in [6, 6.07) is 4.48. The number of methoxy groups -OCH3 is 1. The van der Waals surface area contributed by atoms with Crippen molar-refractivity contribution in [3.8, 4) is 29.1 Å². The third-order valence-corrected chi connectivity index (χ3v) is 7.29. The summed E-state index contributed by atoms with van der Waals surface area (Å²) in [5.41, 5.74) is 3.51. The van der Waals surface area contributed by atoms with Gasteiger partial charge in [-0.05, 0) is 58.2 Å². The van der Waals surface area contributed by atoms with E-state index in [-0.39, 0.29) is 24.6 Å². The number of amides is 1. The fraction of sp³-hybridized carbons (Fsp3) is 0.516. The van der Waals surface area contributed by atoms with Gasteiger partial charge in [-0.3, -0.25) is 0 Å². The lowest BCUT2D eigenvalue weighted by Gasteiger charge is -2.23. The Balaban J connectivity index is 1.87. The van der Waals surface area contributed by atoms with E-state index >= 15 is 0 Å². The van der Waals surface area contributed by atoms with Crippen LogP contribution in [0.1, 0.15) is 61.0 Å². The number of benzene rings is 1. The largest absolute Gasteiger partial charge is 0.491 e. The van der Waals surface area contributed by atoms with Crippen LogP contribution in [0.2, 0.25) is 19.6 Å². The molecule has 1 N–H and O–H groups in total. The van der Waals surface area contributed by atoms with Gasteiger partial charge in [0.05, 0.1) is 20.3 Å². The summed E-state index contributed by atoms with van der Waals surface area (Å²) in [6.07, 6.45) is 2.30. The molecule has 1 aromatic carbocycles. The number of ether oxygens (including phenoxy) is 3. The zero-order chi connectivity index (χ0) is 31.3. The van der Waals surface area contributed by atoms with Gasteiger partial charge in [0.2, 0.25) is 0 Å². The molecule has 0 aliphatic rings. The lowest BCUT2D eigenvalue weighted by Crippen LogP contribution is -2.34. The van der Waals surface area contributed by atoms with Crippen molar-refractivity contribution in [2.75, 3.05) is 39.2 Å². The van der Waals surface area contributed by atoms with Gasteiger partial charge in [-0.25, -0.2) is 19.0 Å².